The zero-order valence-corrected chi connectivity index (χ0v) is 22.0. The van der Waals surface area contributed by atoms with Gasteiger partial charge < -0.3 is 20.7 Å². The number of ether oxygens (including phenoxy) is 1. The number of halogens is 3. The molecule has 2 aromatic carbocycles. The van der Waals surface area contributed by atoms with Gasteiger partial charge in [0.15, 0.2) is 16.3 Å². The van der Waals surface area contributed by atoms with E-state index in [9.17, 15) is 4.79 Å². The lowest BCUT2D eigenvalue weighted by atomic mass is 10.2. The largest absolute Gasteiger partial charge is 0.444 e. The molecule has 0 aliphatic rings. The summed E-state index contributed by atoms with van der Waals surface area (Å²) in [6.07, 6.45) is -0.469. The van der Waals surface area contributed by atoms with Crippen LogP contribution in [0.2, 0.25) is 5.02 Å². The standard InChI is InChI=1S/C24H24Cl3N7O2/c1-24(2,3)36-23(35)28-12-13-7-9-15(10-8-13)29-20-17-19(30-16-6-4-5-14(25)11-16)31-22(18(26)27)32-21(17)34-33-20/h4-11,18H,12H2,1-3H3,(H,28,35)(H3,29,30,31,32,33,34). The maximum absolute atomic E-state index is 11.9. The van der Waals surface area contributed by atoms with E-state index in [0.717, 1.165) is 16.9 Å². The Hall–Kier alpha value is -3.27. The van der Waals surface area contributed by atoms with Crippen molar-refractivity contribution < 1.29 is 9.53 Å². The Kier molecular flexibility index (Phi) is 7.73. The molecule has 0 bridgehead atoms. The molecule has 0 fully saturated rings. The second-order valence-electron chi connectivity index (χ2n) is 8.84. The molecule has 0 spiro atoms. The van der Waals surface area contributed by atoms with Gasteiger partial charge in [-0.25, -0.2) is 14.8 Å². The summed E-state index contributed by atoms with van der Waals surface area (Å²) in [4.78, 5) is 19.8. The lowest BCUT2D eigenvalue weighted by Crippen LogP contribution is -2.32. The van der Waals surface area contributed by atoms with Gasteiger partial charge >= 0.3 is 6.09 Å². The van der Waals surface area contributed by atoms with Gasteiger partial charge in [-0.3, -0.25) is 5.10 Å². The number of benzene rings is 2. The van der Waals surface area contributed by atoms with E-state index < -0.39 is 16.5 Å². The minimum Gasteiger partial charge on any atom is -0.444 e. The fraction of sp³-hybridized carbons (Fsp3) is 0.250. The average Bonchev–Trinajstić information content (AvgIpc) is 3.20. The average molecular weight is 549 g/mol. The second-order valence-corrected chi connectivity index (χ2v) is 10.4. The van der Waals surface area contributed by atoms with Crippen LogP contribution in [0.1, 0.15) is 37.0 Å². The Morgan fingerprint density at radius 2 is 1.81 bits per heavy atom. The number of carbonyl (C=O) groups excluding carboxylic acids is 1. The van der Waals surface area contributed by atoms with Crippen LogP contribution in [0.25, 0.3) is 11.0 Å². The summed E-state index contributed by atoms with van der Waals surface area (Å²) in [7, 11) is 0. The number of H-pyrrole nitrogens is 1. The highest BCUT2D eigenvalue weighted by molar-refractivity contribution is 6.43. The van der Waals surface area contributed by atoms with Gasteiger partial charge in [0.25, 0.3) is 0 Å². The van der Waals surface area contributed by atoms with E-state index in [4.69, 9.17) is 39.5 Å². The van der Waals surface area contributed by atoms with Crippen LogP contribution in [0.4, 0.5) is 27.8 Å². The number of fused-ring (bicyclic) bond motifs is 1. The molecule has 0 atom stereocenters. The van der Waals surface area contributed by atoms with Gasteiger partial charge in [-0.05, 0) is 56.7 Å². The summed E-state index contributed by atoms with van der Waals surface area (Å²) < 4.78 is 5.26. The van der Waals surface area contributed by atoms with Crippen LogP contribution in [0.5, 0.6) is 0 Å². The number of hydrogen-bond donors (Lipinski definition) is 4. The molecule has 36 heavy (non-hydrogen) atoms. The summed E-state index contributed by atoms with van der Waals surface area (Å²) >= 11 is 18.2. The normalized spacial score (nSPS) is 11.5. The summed E-state index contributed by atoms with van der Waals surface area (Å²) in [5, 5.41) is 17.7. The Balaban J connectivity index is 1.55. The van der Waals surface area contributed by atoms with E-state index in [-0.39, 0.29) is 5.82 Å². The first-order chi connectivity index (χ1) is 17.1. The van der Waals surface area contributed by atoms with Crippen molar-refractivity contribution in [3.63, 3.8) is 0 Å². The van der Waals surface area contributed by atoms with Gasteiger partial charge in [0.05, 0.1) is 0 Å². The molecule has 1 amide bonds. The van der Waals surface area contributed by atoms with Crippen molar-refractivity contribution >= 4 is 74.9 Å². The van der Waals surface area contributed by atoms with Crippen molar-refractivity contribution in [1.82, 2.24) is 25.5 Å². The van der Waals surface area contributed by atoms with Gasteiger partial charge in [0, 0.05) is 22.9 Å². The molecule has 0 saturated carbocycles. The third-order valence-electron chi connectivity index (χ3n) is 4.77. The number of anilines is 4. The third-order valence-corrected chi connectivity index (χ3v) is 5.40. The molecule has 4 aromatic rings. The third kappa shape index (κ3) is 6.69. The SMILES string of the molecule is CC(C)(C)OC(=O)NCc1ccc(Nc2[nH]nc3nc(C(Cl)Cl)nc(Nc4cccc(Cl)c4)c23)cc1. The molecule has 0 aliphatic heterocycles. The smallest absolute Gasteiger partial charge is 0.407 e. The first kappa shape index (κ1) is 25.8. The molecule has 0 saturated heterocycles. The zero-order valence-electron chi connectivity index (χ0n) is 19.7. The first-order valence-corrected chi connectivity index (χ1v) is 12.2. The lowest BCUT2D eigenvalue weighted by molar-refractivity contribution is 0.0523. The van der Waals surface area contributed by atoms with Gasteiger partial charge in [-0.1, -0.05) is 53.0 Å². The molecule has 2 heterocycles. The number of carbonyl (C=O) groups is 1. The minimum absolute atomic E-state index is 0.218. The maximum Gasteiger partial charge on any atom is 0.407 e. The van der Waals surface area contributed by atoms with Crippen molar-refractivity contribution in [3.8, 4) is 0 Å². The van der Waals surface area contributed by atoms with Gasteiger partial charge in [0.1, 0.15) is 22.6 Å². The Morgan fingerprint density at radius 1 is 1.06 bits per heavy atom. The molecular formula is C24H24Cl3N7O2. The Morgan fingerprint density at radius 3 is 2.47 bits per heavy atom. The first-order valence-electron chi connectivity index (χ1n) is 11.0. The molecular weight excluding hydrogens is 525 g/mol. The van der Waals surface area contributed by atoms with Crippen molar-refractivity contribution in [1.29, 1.82) is 0 Å². The monoisotopic (exact) mass is 547 g/mol. The molecule has 12 heteroatoms. The summed E-state index contributed by atoms with van der Waals surface area (Å²) in [6, 6.07) is 14.8. The number of alkyl halides is 2. The van der Waals surface area contributed by atoms with Crippen LogP contribution in [0, 0.1) is 0 Å². The highest BCUT2D eigenvalue weighted by Crippen LogP contribution is 2.33. The predicted molar refractivity (Wildman–Crippen MR) is 144 cm³/mol. The maximum atomic E-state index is 11.9. The topological polar surface area (TPSA) is 117 Å². The van der Waals surface area contributed by atoms with Gasteiger partial charge in [-0.15, -0.1) is 0 Å². The van der Waals surface area contributed by atoms with Crippen LogP contribution < -0.4 is 16.0 Å². The number of alkyl carbamates (subject to hydrolysis) is 1. The number of rotatable bonds is 7. The number of aromatic nitrogens is 4. The highest BCUT2D eigenvalue weighted by atomic mass is 35.5. The fourth-order valence-corrected chi connectivity index (χ4v) is 3.65. The molecule has 0 radical (unpaired) electrons. The van der Waals surface area contributed by atoms with E-state index >= 15 is 0 Å². The molecule has 188 valence electrons. The molecule has 4 N–H and O–H groups in total. The molecule has 2 aromatic heterocycles. The Bertz CT molecular complexity index is 1370. The number of nitrogens with zero attached hydrogens (tertiary/aromatic N) is 3. The van der Waals surface area contributed by atoms with Crippen LogP contribution in [-0.2, 0) is 11.3 Å². The molecule has 0 aliphatic carbocycles. The molecule has 9 nitrogen and oxygen atoms in total. The summed E-state index contributed by atoms with van der Waals surface area (Å²) in [5.41, 5.74) is 2.25. The number of aromatic amines is 1. The van der Waals surface area contributed by atoms with Crippen LogP contribution in [-0.4, -0.2) is 31.9 Å². The van der Waals surface area contributed by atoms with Crippen molar-refractivity contribution in [2.45, 2.75) is 37.8 Å². The van der Waals surface area contributed by atoms with Crippen LogP contribution in [0.3, 0.4) is 0 Å². The van der Waals surface area contributed by atoms with E-state index in [1.54, 1.807) is 12.1 Å². The van der Waals surface area contributed by atoms with Gasteiger partial charge in [0.2, 0.25) is 0 Å². The van der Waals surface area contributed by atoms with Crippen LogP contribution >= 0.6 is 34.8 Å². The fourth-order valence-electron chi connectivity index (χ4n) is 3.26. The van der Waals surface area contributed by atoms with E-state index in [0.29, 0.717) is 34.2 Å². The number of nitrogens with one attached hydrogen (secondary N) is 4. The Labute approximate surface area is 222 Å². The van der Waals surface area contributed by atoms with E-state index in [1.165, 1.54) is 0 Å². The molecule has 0 unspecified atom stereocenters. The van der Waals surface area contributed by atoms with E-state index in [2.05, 4.69) is 36.1 Å². The number of amides is 1. The number of hydrogen-bond acceptors (Lipinski definition) is 7. The predicted octanol–water partition coefficient (Wildman–Crippen LogP) is 6.99. The van der Waals surface area contributed by atoms with Crippen molar-refractivity contribution in [2.24, 2.45) is 0 Å². The zero-order chi connectivity index (χ0) is 25.9. The quantitative estimate of drug-likeness (QED) is 0.184. The lowest BCUT2D eigenvalue weighted by Gasteiger charge is -2.19. The van der Waals surface area contributed by atoms with Crippen LogP contribution in [0.15, 0.2) is 48.5 Å². The van der Waals surface area contributed by atoms with Crippen molar-refractivity contribution in [2.75, 3.05) is 10.6 Å². The summed E-state index contributed by atoms with van der Waals surface area (Å²) in [5.74, 6) is 1.25. The summed E-state index contributed by atoms with van der Waals surface area (Å²) in [6.45, 7) is 5.79. The van der Waals surface area contributed by atoms with E-state index in [1.807, 2.05) is 57.2 Å². The second kappa shape index (κ2) is 10.8. The molecule has 4 rings (SSSR count). The van der Waals surface area contributed by atoms with Gasteiger partial charge in [-0.2, -0.15) is 5.10 Å². The highest BCUT2D eigenvalue weighted by Gasteiger charge is 2.19. The van der Waals surface area contributed by atoms with Crippen molar-refractivity contribution in [3.05, 3.63) is 64.9 Å². The minimum atomic E-state index is -0.927.